The highest BCUT2D eigenvalue weighted by atomic mass is 32.2. The van der Waals surface area contributed by atoms with Crippen LogP contribution in [0.3, 0.4) is 0 Å². The summed E-state index contributed by atoms with van der Waals surface area (Å²) < 4.78 is 28.0. The first-order valence-electron chi connectivity index (χ1n) is 12.5. The number of nitrogens with one attached hydrogen (secondary N) is 1. The number of urea groups is 1. The zero-order valence-electron chi connectivity index (χ0n) is 19.7. The van der Waals surface area contributed by atoms with Crippen molar-refractivity contribution < 1.29 is 18.0 Å². The number of amides is 3. The Hall–Kier alpha value is -2.75. The molecule has 35 heavy (non-hydrogen) atoms. The van der Waals surface area contributed by atoms with Gasteiger partial charge in [0.25, 0.3) is 5.91 Å². The predicted molar refractivity (Wildman–Crippen MR) is 130 cm³/mol. The largest absolute Gasteiger partial charge is 0.326 e. The fraction of sp³-hybridized carbons (Fsp3) is 0.462. The normalized spacial score (nSPS) is 25.1. The summed E-state index contributed by atoms with van der Waals surface area (Å²) in [5.74, 6) is -0.206. The first-order chi connectivity index (χ1) is 16.9. The monoisotopic (exact) mass is 494 g/mol. The van der Waals surface area contributed by atoms with E-state index in [0.29, 0.717) is 37.5 Å². The van der Waals surface area contributed by atoms with Crippen molar-refractivity contribution in [2.75, 3.05) is 32.8 Å². The Morgan fingerprint density at radius 3 is 2.43 bits per heavy atom. The summed E-state index contributed by atoms with van der Waals surface area (Å²) >= 11 is 0. The second-order valence-electron chi connectivity index (χ2n) is 10.0. The summed E-state index contributed by atoms with van der Waals surface area (Å²) in [6.45, 7) is 1.75. The molecule has 1 N–H and O–H groups in total. The van der Waals surface area contributed by atoms with Gasteiger partial charge in [-0.3, -0.25) is 9.69 Å². The molecule has 0 bridgehead atoms. The van der Waals surface area contributed by atoms with Gasteiger partial charge in [-0.15, -0.1) is 0 Å². The molecule has 3 amide bonds. The summed E-state index contributed by atoms with van der Waals surface area (Å²) in [5, 5.41) is 2.99. The number of rotatable bonds is 4. The Balaban J connectivity index is 1.13. The van der Waals surface area contributed by atoms with E-state index in [1.807, 2.05) is 41.3 Å². The number of piperazine rings is 1. The summed E-state index contributed by atoms with van der Waals surface area (Å²) in [6.07, 6.45) is 5.37. The standard InChI is InChI=1S/C26H30N4O4S/c31-24-26(12-4-8-20-5-1-2-9-23(20)26)27-25(32)30(24)18-28-13-15-29(16-14-28)35(33,34)22-11-10-19-6-3-7-21(19)17-22/h1-2,5,9-11,17H,3-4,6-8,12-16,18H2,(H,27,32)/t26-/m0/s1. The first-order valence-corrected chi connectivity index (χ1v) is 13.9. The molecule has 0 radical (unpaired) electrons. The van der Waals surface area contributed by atoms with Crippen LogP contribution in [0.15, 0.2) is 47.4 Å². The van der Waals surface area contributed by atoms with Gasteiger partial charge in [0.15, 0.2) is 0 Å². The number of hydrogen-bond donors (Lipinski definition) is 1. The Bertz CT molecular complexity index is 1300. The van der Waals surface area contributed by atoms with E-state index in [9.17, 15) is 18.0 Å². The summed E-state index contributed by atoms with van der Waals surface area (Å²) in [6, 6.07) is 13.0. The number of hydrogen-bond acceptors (Lipinski definition) is 5. The molecule has 0 saturated carbocycles. The average Bonchev–Trinajstić information content (AvgIpc) is 3.43. The Morgan fingerprint density at radius 1 is 0.857 bits per heavy atom. The van der Waals surface area contributed by atoms with Crippen LogP contribution in [0.25, 0.3) is 0 Å². The van der Waals surface area contributed by atoms with Crippen molar-refractivity contribution in [1.29, 1.82) is 0 Å². The SMILES string of the molecule is O=C1N[C@]2(CCCc3ccccc32)C(=O)N1CN1CCN(S(=O)(=O)c2ccc3c(c2)CCC3)CC1. The maximum Gasteiger partial charge on any atom is 0.326 e. The van der Waals surface area contributed by atoms with Gasteiger partial charge >= 0.3 is 6.03 Å². The molecule has 2 fully saturated rings. The number of fused-ring (bicyclic) bond motifs is 3. The lowest BCUT2D eigenvalue weighted by Crippen LogP contribution is -2.53. The molecule has 0 aromatic heterocycles. The molecule has 184 valence electrons. The van der Waals surface area contributed by atoms with Crippen LogP contribution in [0.2, 0.25) is 0 Å². The molecular formula is C26H30N4O4S. The molecule has 0 unspecified atom stereocenters. The first kappa shape index (κ1) is 22.7. The van der Waals surface area contributed by atoms with Crippen molar-refractivity contribution >= 4 is 22.0 Å². The second kappa shape index (κ2) is 8.43. The fourth-order valence-corrected chi connectivity index (χ4v) is 7.58. The zero-order valence-corrected chi connectivity index (χ0v) is 20.5. The van der Waals surface area contributed by atoms with Crippen molar-refractivity contribution in [3.05, 3.63) is 64.7 Å². The highest BCUT2D eigenvalue weighted by Crippen LogP contribution is 2.40. The van der Waals surface area contributed by atoms with Crippen LogP contribution in [0.1, 0.15) is 41.5 Å². The van der Waals surface area contributed by atoms with Crippen LogP contribution < -0.4 is 5.32 Å². The Morgan fingerprint density at radius 2 is 1.60 bits per heavy atom. The fourth-order valence-electron chi connectivity index (χ4n) is 6.11. The maximum absolute atomic E-state index is 13.5. The van der Waals surface area contributed by atoms with Gasteiger partial charge in [0.1, 0.15) is 5.54 Å². The third-order valence-electron chi connectivity index (χ3n) is 8.03. The minimum atomic E-state index is -3.56. The third-order valence-corrected chi connectivity index (χ3v) is 9.93. The van der Waals surface area contributed by atoms with Crippen molar-refractivity contribution in [3.8, 4) is 0 Å². The Labute approximate surface area is 205 Å². The minimum Gasteiger partial charge on any atom is -0.319 e. The van der Waals surface area contributed by atoms with Crippen molar-refractivity contribution in [2.45, 2.75) is 49.0 Å². The van der Waals surface area contributed by atoms with Gasteiger partial charge in [0, 0.05) is 26.2 Å². The number of nitrogens with zero attached hydrogens (tertiary/aromatic N) is 3. The van der Waals surface area contributed by atoms with E-state index in [2.05, 4.69) is 5.32 Å². The third kappa shape index (κ3) is 3.68. The van der Waals surface area contributed by atoms with Crippen LogP contribution in [-0.2, 0) is 39.6 Å². The van der Waals surface area contributed by atoms with Gasteiger partial charge in [0.2, 0.25) is 10.0 Å². The lowest BCUT2D eigenvalue weighted by molar-refractivity contribution is -0.133. The van der Waals surface area contributed by atoms with E-state index in [-0.39, 0.29) is 18.6 Å². The summed E-state index contributed by atoms with van der Waals surface area (Å²) in [4.78, 5) is 30.1. The number of carbonyl (C=O) groups is 2. The van der Waals surface area contributed by atoms with Gasteiger partial charge in [-0.2, -0.15) is 4.31 Å². The van der Waals surface area contributed by atoms with Crippen LogP contribution in [0.5, 0.6) is 0 Å². The van der Waals surface area contributed by atoms with E-state index in [1.165, 1.54) is 14.8 Å². The molecule has 1 atom stereocenters. The predicted octanol–water partition coefficient (Wildman–Crippen LogP) is 2.22. The van der Waals surface area contributed by atoms with Crippen LogP contribution >= 0.6 is 0 Å². The van der Waals surface area contributed by atoms with Crippen molar-refractivity contribution in [2.24, 2.45) is 0 Å². The number of aryl methyl sites for hydroxylation is 3. The summed E-state index contributed by atoms with van der Waals surface area (Å²) in [7, 11) is -3.56. The van der Waals surface area contributed by atoms with Crippen LogP contribution in [0.4, 0.5) is 4.79 Å². The molecular weight excluding hydrogens is 464 g/mol. The zero-order chi connectivity index (χ0) is 24.2. The lowest BCUT2D eigenvalue weighted by atomic mass is 9.76. The number of carbonyl (C=O) groups excluding carboxylic acids is 2. The highest BCUT2D eigenvalue weighted by molar-refractivity contribution is 7.89. The van der Waals surface area contributed by atoms with Gasteiger partial charge in [0.05, 0.1) is 11.6 Å². The van der Waals surface area contributed by atoms with E-state index in [4.69, 9.17) is 0 Å². The molecule has 2 aromatic carbocycles. The van der Waals surface area contributed by atoms with Crippen LogP contribution in [-0.4, -0.2) is 67.3 Å². The number of imide groups is 1. The van der Waals surface area contributed by atoms with E-state index >= 15 is 0 Å². The molecule has 2 aliphatic carbocycles. The second-order valence-corrected chi connectivity index (χ2v) is 12.0. The minimum absolute atomic E-state index is 0.168. The molecule has 6 rings (SSSR count). The van der Waals surface area contributed by atoms with Gasteiger partial charge < -0.3 is 5.32 Å². The lowest BCUT2D eigenvalue weighted by Gasteiger charge is -2.36. The molecule has 8 nitrogen and oxygen atoms in total. The highest BCUT2D eigenvalue weighted by Gasteiger charge is 2.54. The molecule has 1 spiro atoms. The van der Waals surface area contributed by atoms with Gasteiger partial charge in [-0.05, 0) is 72.9 Å². The molecule has 4 aliphatic rings. The quantitative estimate of drug-likeness (QED) is 0.659. The molecule has 2 aromatic rings. The van der Waals surface area contributed by atoms with Gasteiger partial charge in [-0.1, -0.05) is 30.3 Å². The molecule has 2 heterocycles. The van der Waals surface area contributed by atoms with Crippen LogP contribution in [0, 0.1) is 0 Å². The van der Waals surface area contributed by atoms with Crippen molar-refractivity contribution in [3.63, 3.8) is 0 Å². The maximum atomic E-state index is 13.5. The smallest absolute Gasteiger partial charge is 0.319 e. The molecule has 9 heteroatoms. The van der Waals surface area contributed by atoms with Gasteiger partial charge in [-0.25, -0.2) is 18.1 Å². The topological polar surface area (TPSA) is 90.0 Å². The summed E-state index contributed by atoms with van der Waals surface area (Å²) in [5.41, 5.74) is 3.42. The molecule has 2 saturated heterocycles. The van der Waals surface area contributed by atoms with E-state index < -0.39 is 15.6 Å². The van der Waals surface area contributed by atoms with E-state index in [1.54, 1.807) is 6.07 Å². The van der Waals surface area contributed by atoms with Crippen molar-refractivity contribution in [1.82, 2.24) is 19.4 Å². The van der Waals surface area contributed by atoms with E-state index in [0.717, 1.165) is 48.8 Å². The number of benzene rings is 2. The molecule has 2 aliphatic heterocycles. The number of sulfonamides is 1. The Kier molecular flexibility index (Phi) is 5.47. The average molecular weight is 495 g/mol.